The summed E-state index contributed by atoms with van der Waals surface area (Å²) < 4.78 is 0. The van der Waals surface area contributed by atoms with E-state index in [1.54, 1.807) is 6.07 Å². The lowest BCUT2D eigenvalue weighted by Gasteiger charge is -2.49. The van der Waals surface area contributed by atoms with Crippen LogP contribution in [0, 0.1) is 0 Å². The van der Waals surface area contributed by atoms with Crippen LogP contribution in [0.5, 0.6) is 23.0 Å². The highest BCUT2D eigenvalue weighted by Gasteiger charge is 2.54. The second-order valence-corrected chi connectivity index (χ2v) is 14.4. The summed E-state index contributed by atoms with van der Waals surface area (Å²) in [6.45, 7) is -0.390. The SMILES string of the molecule is Nc1nc(/C(=N/OCc2cc(Cl)c(O)c(O)c2Cl)C(=O)N[C@@H]2C(=O)N3C(C(=O)O)=C(CSc4ncncc4-c4ccc(O)c(O)c4)CS[C@H]23)cs1. The average molecular weight is 793 g/mol. The quantitative estimate of drug-likeness (QED) is 0.0285. The number of aliphatic carboxylic acids is 1. The minimum atomic E-state index is -1.33. The zero-order valence-corrected chi connectivity index (χ0v) is 29.4. The van der Waals surface area contributed by atoms with Crippen molar-refractivity contribution in [2.45, 2.75) is 23.0 Å². The molecule has 6 rings (SSSR count). The molecule has 16 nitrogen and oxygen atoms in total. The second-order valence-electron chi connectivity index (χ2n) is 10.7. The maximum Gasteiger partial charge on any atom is 0.352 e. The summed E-state index contributed by atoms with van der Waals surface area (Å²) in [7, 11) is 0. The number of carbonyl (C=O) groups excluding carboxylic acids is 2. The highest BCUT2D eigenvalue weighted by molar-refractivity contribution is 8.01. The second kappa shape index (κ2) is 14.7. The molecule has 264 valence electrons. The number of fused-ring (bicyclic) bond motifs is 1. The third kappa shape index (κ3) is 7.15. The normalized spacial score (nSPS) is 17.2. The predicted molar refractivity (Wildman–Crippen MR) is 189 cm³/mol. The standard InChI is InChI=1S/C30H23Cl2N7O9S3/c31-15-3-12(19(32)24(43)23(15)42)6-48-38-20(16-9-51-30(33)36-16)25(44)37-21-27(45)39-22(29(46)47)13(8-50-28(21)39)7-49-26-14(5-34-10-35-26)11-1-2-17(40)18(41)4-11/h1-5,9-10,21,28,40-43H,6-8H2,(H2,33,36)(H,37,44)(H,46,47)/b38-20-/t21-,28-/m1/s1. The van der Waals surface area contributed by atoms with Gasteiger partial charge in [0.05, 0.1) is 10.0 Å². The number of hydrogen-bond donors (Lipinski definition) is 7. The zero-order chi connectivity index (χ0) is 36.6. The van der Waals surface area contributed by atoms with E-state index in [1.807, 2.05) is 0 Å². The number of aromatic hydroxyl groups is 4. The van der Waals surface area contributed by atoms with Crippen molar-refractivity contribution in [1.82, 2.24) is 25.2 Å². The molecule has 2 aromatic heterocycles. The Bertz CT molecular complexity index is 2150. The van der Waals surface area contributed by atoms with Crippen molar-refractivity contribution < 1.29 is 44.8 Å². The van der Waals surface area contributed by atoms with Gasteiger partial charge in [0, 0.05) is 34.2 Å². The summed E-state index contributed by atoms with van der Waals surface area (Å²) in [6, 6.07) is 4.38. The van der Waals surface area contributed by atoms with Gasteiger partial charge in [-0.25, -0.2) is 19.7 Å². The van der Waals surface area contributed by atoms with Crippen molar-refractivity contribution >= 4 is 86.7 Å². The molecule has 4 aromatic rings. The zero-order valence-electron chi connectivity index (χ0n) is 25.5. The topological polar surface area (TPSA) is 254 Å². The maximum atomic E-state index is 13.5. The van der Waals surface area contributed by atoms with Gasteiger partial charge in [0.15, 0.2) is 33.8 Å². The molecule has 8 N–H and O–H groups in total. The lowest BCUT2D eigenvalue weighted by Crippen LogP contribution is -2.71. The smallest absolute Gasteiger partial charge is 0.352 e. The van der Waals surface area contributed by atoms with E-state index in [2.05, 4.69) is 25.4 Å². The Hall–Kier alpha value is -4.95. The summed E-state index contributed by atoms with van der Waals surface area (Å²) >= 11 is 15.5. The highest BCUT2D eigenvalue weighted by Crippen LogP contribution is 2.43. The third-order valence-corrected chi connectivity index (χ3v) is 11.3. The first-order chi connectivity index (χ1) is 24.3. The van der Waals surface area contributed by atoms with Gasteiger partial charge in [-0.3, -0.25) is 14.5 Å². The van der Waals surface area contributed by atoms with Crippen molar-refractivity contribution in [3.05, 3.63) is 74.7 Å². The van der Waals surface area contributed by atoms with Crippen molar-refractivity contribution in [2.24, 2.45) is 5.16 Å². The number of aromatic nitrogens is 3. The van der Waals surface area contributed by atoms with Crippen LogP contribution >= 0.6 is 58.1 Å². The molecule has 2 atom stereocenters. The predicted octanol–water partition coefficient (Wildman–Crippen LogP) is 3.76. The number of nitrogens with zero attached hydrogens (tertiary/aromatic N) is 5. The number of phenolic OH excluding ortho intramolecular Hbond substituents is 4. The monoisotopic (exact) mass is 791 g/mol. The number of oxime groups is 1. The summed E-state index contributed by atoms with van der Waals surface area (Å²) in [6.07, 6.45) is 2.85. The molecule has 2 aliphatic rings. The van der Waals surface area contributed by atoms with E-state index in [0.29, 0.717) is 21.7 Å². The molecule has 2 aromatic carbocycles. The molecule has 0 saturated carbocycles. The van der Waals surface area contributed by atoms with Crippen molar-refractivity contribution in [3.8, 4) is 34.1 Å². The molecule has 0 aliphatic carbocycles. The minimum absolute atomic E-state index is 0.0321. The van der Waals surface area contributed by atoms with Crippen LogP contribution in [0.2, 0.25) is 10.0 Å². The number of thioether (sulfide) groups is 2. The number of carboxylic acid groups (broad SMARTS) is 1. The van der Waals surface area contributed by atoms with Gasteiger partial charge in [0.25, 0.3) is 11.8 Å². The first-order valence-electron chi connectivity index (χ1n) is 14.3. The molecule has 21 heteroatoms. The van der Waals surface area contributed by atoms with E-state index in [-0.39, 0.29) is 60.8 Å². The number of halogens is 2. The molecule has 51 heavy (non-hydrogen) atoms. The van der Waals surface area contributed by atoms with E-state index in [9.17, 15) is 39.9 Å². The highest BCUT2D eigenvalue weighted by atomic mass is 35.5. The fourth-order valence-corrected chi connectivity index (χ4v) is 8.45. The molecule has 1 fully saturated rings. The van der Waals surface area contributed by atoms with Gasteiger partial charge in [-0.05, 0) is 29.3 Å². The Morgan fingerprint density at radius 3 is 2.65 bits per heavy atom. The molecule has 0 unspecified atom stereocenters. The van der Waals surface area contributed by atoms with Crippen LogP contribution in [0.25, 0.3) is 11.1 Å². The maximum absolute atomic E-state index is 13.5. The van der Waals surface area contributed by atoms with E-state index >= 15 is 0 Å². The number of nitrogens with one attached hydrogen (secondary N) is 1. The fourth-order valence-electron chi connectivity index (χ4n) is 5.01. The number of amides is 2. The average Bonchev–Trinajstić information content (AvgIpc) is 3.55. The van der Waals surface area contributed by atoms with Crippen LogP contribution in [0.3, 0.4) is 0 Å². The van der Waals surface area contributed by atoms with Gasteiger partial charge in [0.1, 0.15) is 40.8 Å². The van der Waals surface area contributed by atoms with Crippen LogP contribution < -0.4 is 11.1 Å². The number of phenols is 4. The number of nitrogen functional groups attached to an aromatic ring is 1. The minimum Gasteiger partial charge on any atom is -0.504 e. The van der Waals surface area contributed by atoms with E-state index < -0.39 is 47.3 Å². The molecule has 4 heterocycles. The van der Waals surface area contributed by atoms with Crippen LogP contribution in [0.4, 0.5) is 5.13 Å². The number of carbonyl (C=O) groups is 3. The molecule has 2 amide bonds. The summed E-state index contributed by atoms with van der Waals surface area (Å²) in [4.78, 5) is 58.2. The van der Waals surface area contributed by atoms with Crippen molar-refractivity contribution in [3.63, 3.8) is 0 Å². The van der Waals surface area contributed by atoms with E-state index in [0.717, 1.165) is 16.2 Å². The Morgan fingerprint density at radius 2 is 1.94 bits per heavy atom. The number of hydrogen-bond acceptors (Lipinski definition) is 16. The lowest BCUT2D eigenvalue weighted by atomic mass is 10.0. The summed E-state index contributed by atoms with van der Waals surface area (Å²) in [5, 5.41) is 56.9. The Balaban J connectivity index is 1.18. The number of nitrogens with two attached hydrogens (primary N) is 1. The van der Waals surface area contributed by atoms with Gasteiger partial charge in [0.2, 0.25) is 0 Å². The lowest BCUT2D eigenvalue weighted by molar-refractivity contribution is -0.150. The third-order valence-electron chi connectivity index (χ3n) is 7.48. The van der Waals surface area contributed by atoms with Crippen molar-refractivity contribution in [2.75, 3.05) is 17.2 Å². The van der Waals surface area contributed by atoms with Gasteiger partial charge in [-0.2, -0.15) is 0 Å². The molecule has 2 aliphatic heterocycles. The van der Waals surface area contributed by atoms with E-state index in [4.69, 9.17) is 33.8 Å². The Morgan fingerprint density at radius 1 is 1.16 bits per heavy atom. The number of β-lactam (4-membered cyclic amide) rings is 1. The summed E-state index contributed by atoms with van der Waals surface area (Å²) in [5.41, 5.74) is 6.87. The molecular formula is C30H23Cl2N7O9S3. The number of anilines is 1. The largest absolute Gasteiger partial charge is 0.504 e. The van der Waals surface area contributed by atoms with Gasteiger partial charge in [-0.15, -0.1) is 34.9 Å². The first-order valence-corrected chi connectivity index (χ1v) is 18.0. The van der Waals surface area contributed by atoms with Gasteiger partial charge in [-0.1, -0.05) is 34.4 Å². The number of benzene rings is 2. The van der Waals surface area contributed by atoms with Crippen LogP contribution in [0.15, 0.2) is 63.6 Å². The fraction of sp³-hybridized carbons (Fsp3) is 0.167. The molecule has 0 bridgehead atoms. The summed E-state index contributed by atoms with van der Waals surface area (Å²) in [5.74, 6) is -4.41. The Kier molecular flexibility index (Phi) is 10.4. The number of carboxylic acids is 1. The van der Waals surface area contributed by atoms with Crippen LogP contribution in [-0.2, 0) is 25.8 Å². The number of rotatable bonds is 11. The van der Waals surface area contributed by atoms with Crippen LogP contribution in [-0.4, -0.2) is 91.8 Å². The molecule has 0 spiro atoms. The molecular weight excluding hydrogens is 769 g/mol. The Labute approximate surface area is 309 Å². The van der Waals surface area contributed by atoms with Gasteiger partial charge >= 0.3 is 5.97 Å². The first kappa shape index (κ1) is 35.9. The molecule has 0 radical (unpaired) electrons. The van der Waals surface area contributed by atoms with Gasteiger partial charge < -0.3 is 41.4 Å². The van der Waals surface area contributed by atoms with Crippen LogP contribution in [0.1, 0.15) is 11.3 Å². The molecule has 1 saturated heterocycles. The number of thiazole rings is 1. The van der Waals surface area contributed by atoms with E-state index in [1.165, 1.54) is 59.6 Å². The van der Waals surface area contributed by atoms with Crippen molar-refractivity contribution in [1.29, 1.82) is 0 Å².